The molecule has 1 aromatic rings. The molecule has 1 aliphatic carbocycles. The molecule has 2 aliphatic rings. The summed E-state index contributed by atoms with van der Waals surface area (Å²) in [4.78, 5) is 15.2. The van der Waals surface area contributed by atoms with Crippen LogP contribution in [0, 0.1) is 24.6 Å². The molecule has 3 rings (SSSR count). The molecule has 1 saturated carbocycles. The third-order valence-corrected chi connectivity index (χ3v) is 8.20. The van der Waals surface area contributed by atoms with Crippen LogP contribution in [0.4, 0.5) is 9.18 Å². The minimum absolute atomic E-state index is 0.0482. The van der Waals surface area contributed by atoms with Gasteiger partial charge in [-0.1, -0.05) is 38.2 Å². The van der Waals surface area contributed by atoms with Gasteiger partial charge in [-0.25, -0.2) is 9.18 Å². The van der Waals surface area contributed by atoms with Gasteiger partial charge in [-0.15, -0.1) is 0 Å². The summed E-state index contributed by atoms with van der Waals surface area (Å²) in [5.74, 6) is 0.199. The molecule has 0 spiro atoms. The van der Waals surface area contributed by atoms with Crippen molar-refractivity contribution in [3.63, 3.8) is 0 Å². The van der Waals surface area contributed by atoms with Crippen LogP contribution in [0.1, 0.15) is 81.8 Å². The van der Waals surface area contributed by atoms with E-state index < -0.39 is 5.60 Å². The SMILES string of the molecule is CNCC(CC1CCCCC1)NC(=O)N1CCC[C@@H]([C@@](O)(CCCCOC)c2cc(C)cc(F)c2)C1. The molecule has 1 heterocycles. The van der Waals surface area contributed by atoms with Gasteiger partial charge in [-0.05, 0) is 81.7 Å². The number of aliphatic hydroxyl groups is 1. The molecule has 36 heavy (non-hydrogen) atoms. The molecule has 2 fully saturated rings. The number of aryl methyl sites for hydroxylation is 1. The molecule has 3 atom stereocenters. The van der Waals surface area contributed by atoms with Gasteiger partial charge in [0.1, 0.15) is 5.82 Å². The number of carbonyl (C=O) groups is 1. The summed E-state index contributed by atoms with van der Waals surface area (Å²) in [6.45, 7) is 4.39. The fourth-order valence-electron chi connectivity index (χ4n) is 6.29. The number of likely N-dealkylation sites (N-methyl/N-ethyl adjacent to an activating group) is 1. The van der Waals surface area contributed by atoms with Crippen molar-refractivity contribution < 1.29 is 19.0 Å². The first kappa shape index (κ1) is 28.9. The molecule has 1 saturated heterocycles. The zero-order valence-corrected chi connectivity index (χ0v) is 22.7. The zero-order chi connectivity index (χ0) is 26.0. The number of amides is 2. The number of nitrogens with one attached hydrogen (secondary N) is 2. The Balaban J connectivity index is 1.71. The summed E-state index contributed by atoms with van der Waals surface area (Å²) in [5.41, 5.74) is 0.227. The molecule has 1 aliphatic heterocycles. The number of unbranched alkanes of at least 4 members (excludes halogenated alkanes) is 1. The molecule has 2 amide bonds. The second-order valence-corrected chi connectivity index (χ2v) is 11.1. The van der Waals surface area contributed by atoms with Crippen molar-refractivity contribution in [2.24, 2.45) is 11.8 Å². The zero-order valence-electron chi connectivity index (χ0n) is 22.7. The van der Waals surface area contributed by atoms with Crippen molar-refractivity contribution in [3.05, 3.63) is 35.1 Å². The van der Waals surface area contributed by atoms with E-state index in [1.54, 1.807) is 7.11 Å². The second-order valence-electron chi connectivity index (χ2n) is 11.1. The van der Waals surface area contributed by atoms with Gasteiger partial charge in [0, 0.05) is 45.3 Å². The standard InChI is InChI=1S/C29H48FN3O3/c1-22-16-25(19-26(30)17-22)29(35,13-7-8-15-36-3)24-12-9-14-33(21-24)28(34)32-27(20-31-2)18-23-10-5-4-6-11-23/h16-17,19,23-24,27,31,35H,4-15,18,20-21H2,1-3H3,(H,32,34)/t24-,27?,29+/m1/s1. The maximum absolute atomic E-state index is 14.4. The fourth-order valence-corrected chi connectivity index (χ4v) is 6.29. The summed E-state index contributed by atoms with van der Waals surface area (Å²) in [6.07, 6.45) is 11.2. The minimum Gasteiger partial charge on any atom is -0.385 e. The predicted octanol–water partition coefficient (Wildman–Crippen LogP) is 5.12. The smallest absolute Gasteiger partial charge is 0.317 e. The largest absolute Gasteiger partial charge is 0.385 e. The molecule has 204 valence electrons. The van der Waals surface area contributed by atoms with Crippen molar-refractivity contribution in [1.29, 1.82) is 0 Å². The van der Waals surface area contributed by atoms with E-state index >= 15 is 0 Å². The fraction of sp³-hybridized carbons (Fsp3) is 0.759. The summed E-state index contributed by atoms with van der Waals surface area (Å²) in [6, 6.07) is 4.91. The minimum atomic E-state index is -1.19. The van der Waals surface area contributed by atoms with E-state index in [1.165, 1.54) is 44.2 Å². The number of carbonyl (C=O) groups excluding carboxylic acids is 1. The van der Waals surface area contributed by atoms with Crippen molar-refractivity contribution >= 4 is 6.03 Å². The highest BCUT2D eigenvalue weighted by molar-refractivity contribution is 5.74. The molecule has 0 bridgehead atoms. The molecule has 7 heteroatoms. The molecule has 0 radical (unpaired) electrons. The average Bonchev–Trinajstić information content (AvgIpc) is 2.87. The number of nitrogens with zero attached hydrogens (tertiary/aromatic N) is 1. The van der Waals surface area contributed by atoms with Crippen LogP contribution in [0.2, 0.25) is 0 Å². The predicted molar refractivity (Wildman–Crippen MR) is 142 cm³/mol. The maximum atomic E-state index is 14.4. The van der Waals surface area contributed by atoms with Crippen LogP contribution in [0.5, 0.6) is 0 Å². The second kappa shape index (κ2) is 14.3. The van der Waals surface area contributed by atoms with Crippen LogP contribution < -0.4 is 10.6 Å². The highest BCUT2D eigenvalue weighted by Crippen LogP contribution is 2.40. The van der Waals surface area contributed by atoms with Gasteiger partial charge in [-0.2, -0.15) is 0 Å². The number of hydrogen-bond acceptors (Lipinski definition) is 4. The van der Waals surface area contributed by atoms with Gasteiger partial charge in [0.2, 0.25) is 0 Å². The highest BCUT2D eigenvalue weighted by Gasteiger charge is 2.41. The van der Waals surface area contributed by atoms with Gasteiger partial charge >= 0.3 is 6.03 Å². The van der Waals surface area contributed by atoms with Gasteiger partial charge in [-0.3, -0.25) is 0 Å². The number of ether oxygens (including phenoxy) is 1. The van der Waals surface area contributed by atoms with E-state index in [-0.39, 0.29) is 23.8 Å². The number of halogens is 1. The van der Waals surface area contributed by atoms with E-state index in [4.69, 9.17) is 4.74 Å². The third kappa shape index (κ3) is 8.15. The van der Waals surface area contributed by atoms with Crippen molar-refractivity contribution in [2.45, 2.75) is 89.2 Å². The Morgan fingerprint density at radius 3 is 2.67 bits per heavy atom. The number of piperidine rings is 1. The first-order valence-corrected chi connectivity index (χ1v) is 14.0. The first-order chi connectivity index (χ1) is 17.4. The molecule has 1 aromatic carbocycles. The number of likely N-dealkylation sites (tertiary alicyclic amines) is 1. The van der Waals surface area contributed by atoms with Gasteiger partial charge in [0.05, 0.1) is 5.60 Å². The lowest BCUT2D eigenvalue weighted by atomic mass is 9.74. The summed E-state index contributed by atoms with van der Waals surface area (Å²) in [7, 11) is 3.61. The number of methoxy groups -OCH3 is 1. The summed E-state index contributed by atoms with van der Waals surface area (Å²) < 4.78 is 19.6. The molecule has 1 unspecified atom stereocenters. The lowest BCUT2D eigenvalue weighted by Crippen LogP contribution is -2.54. The normalized spacial score (nSPS) is 21.7. The van der Waals surface area contributed by atoms with Crippen molar-refractivity contribution in [3.8, 4) is 0 Å². The Morgan fingerprint density at radius 1 is 1.19 bits per heavy atom. The van der Waals surface area contributed by atoms with E-state index in [0.717, 1.165) is 44.2 Å². The molecular weight excluding hydrogens is 457 g/mol. The third-order valence-electron chi connectivity index (χ3n) is 8.20. The number of hydrogen-bond donors (Lipinski definition) is 3. The van der Waals surface area contributed by atoms with E-state index in [9.17, 15) is 14.3 Å². The number of rotatable bonds is 12. The molecule has 0 aromatic heterocycles. The summed E-state index contributed by atoms with van der Waals surface area (Å²) >= 11 is 0. The Kier molecular flexibility index (Phi) is 11.5. The number of urea groups is 1. The van der Waals surface area contributed by atoms with Gasteiger partial charge in [0.25, 0.3) is 0 Å². The van der Waals surface area contributed by atoms with Crippen LogP contribution in [0.25, 0.3) is 0 Å². The monoisotopic (exact) mass is 505 g/mol. The van der Waals surface area contributed by atoms with Crippen LogP contribution in [0.3, 0.4) is 0 Å². The van der Waals surface area contributed by atoms with Crippen LogP contribution in [-0.2, 0) is 10.3 Å². The van der Waals surface area contributed by atoms with E-state index in [0.29, 0.717) is 37.6 Å². The molecule has 6 nitrogen and oxygen atoms in total. The van der Waals surface area contributed by atoms with Crippen LogP contribution >= 0.6 is 0 Å². The van der Waals surface area contributed by atoms with Gasteiger partial charge < -0.3 is 25.4 Å². The van der Waals surface area contributed by atoms with Crippen molar-refractivity contribution in [2.75, 3.05) is 40.4 Å². The highest BCUT2D eigenvalue weighted by atomic mass is 19.1. The van der Waals surface area contributed by atoms with E-state index in [2.05, 4.69) is 10.6 Å². The lowest BCUT2D eigenvalue weighted by Gasteiger charge is -2.43. The topological polar surface area (TPSA) is 73.8 Å². The van der Waals surface area contributed by atoms with Crippen molar-refractivity contribution in [1.82, 2.24) is 15.5 Å². The Labute approximate surface area is 217 Å². The Hall–Kier alpha value is -1.70. The average molecular weight is 506 g/mol. The first-order valence-electron chi connectivity index (χ1n) is 14.0. The summed E-state index contributed by atoms with van der Waals surface area (Å²) in [5, 5.41) is 18.6. The van der Waals surface area contributed by atoms with Crippen LogP contribution in [0.15, 0.2) is 18.2 Å². The number of benzene rings is 1. The quantitative estimate of drug-likeness (QED) is 0.345. The maximum Gasteiger partial charge on any atom is 0.317 e. The van der Waals surface area contributed by atoms with Gasteiger partial charge in [0.15, 0.2) is 0 Å². The van der Waals surface area contributed by atoms with Crippen LogP contribution in [-0.4, -0.2) is 62.5 Å². The molecular formula is C29H48FN3O3. The Bertz CT molecular complexity index is 797. The Morgan fingerprint density at radius 2 is 1.97 bits per heavy atom. The van der Waals surface area contributed by atoms with E-state index in [1.807, 2.05) is 24.9 Å². The molecule has 3 N–H and O–H groups in total. The lowest BCUT2D eigenvalue weighted by molar-refractivity contribution is -0.0566.